The van der Waals surface area contributed by atoms with Gasteiger partial charge in [-0.2, -0.15) is 13.2 Å². The number of primary amides is 1. The van der Waals surface area contributed by atoms with E-state index in [1.54, 1.807) is 0 Å². The Balaban J connectivity index is 1.69. The van der Waals surface area contributed by atoms with Crippen LogP contribution in [-0.2, 0) is 33.5 Å². The Labute approximate surface area is 239 Å². The molecule has 228 valence electrons. The number of hydrogen-bond acceptors (Lipinski definition) is 9. The van der Waals surface area contributed by atoms with Crippen molar-refractivity contribution < 1.29 is 48.0 Å². The number of nitrogens with zero attached hydrogens (tertiary/aromatic N) is 2. The van der Waals surface area contributed by atoms with Gasteiger partial charge in [0.15, 0.2) is 11.4 Å². The molecular weight excluding hydrogens is 559 g/mol. The Morgan fingerprint density at radius 3 is 2.29 bits per heavy atom. The lowest BCUT2D eigenvalue weighted by atomic mass is 9.57. The second-order valence-electron chi connectivity index (χ2n) is 11.9. The van der Waals surface area contributed by atoms with Gasteiger partial charge in [-0.25, -0.2) is 0 Å². The van der Waals surface area contributed by atoms with Crippen molar-refractivity contribution >= 4 is 23.2 Å². The number of fused-ring (bicyclic) bond motifs is 3. The van der Waals surface area contributed by atoms with E-state index in [9.17, 15) is 48.0 Å². The maximum absolute atomic E-state index is 14.7. The maximum atomic E-state index is 14.7. The van der Waals surface area contributed by atoms with Crippen molar-refractivity contribution in [1.29, 1.82) is 0 Å². The van der Waals surface area contributed by atoms with E-state index in [1.807, 2.05) is 4.90 Å². The molecular formula is C29H34F3N3O7. The first-order valence-electron chi connectivity index (χ1n) is 13.9. The molecule has 4 aliphatic rings. The molecule has 0 bridgehead atoms. The van der Waals surface area contributed by atoms with Gasteiger partial charge in [-0.05, 0) is 76.0 Å². The third-order valence-electron chi connectivity index (χ3n) is 9.18. The predicted molar refractivity (Wildman–Crippen MR) is 143 cm³/mol. The number of likely N-dealkylation sites (N-methyl/N-ethyl adjacent to an activating group) is 1. The number of ketones is 2. The van der Waals surface area contributed by atoms with Crippen LogP contribution in [-0.4, -0.2) is 86.5 Å². The van der Waals surface area contributed by atoms with Crippen LogP contribution in [0.1, 0.15) is 54.4 Å². The normalized spacial score (nSPS) is 28.9. The molecule has 1 saturated heterocycles. The summed E-state index contributed by atoms with van der Waals surface area (Å²) in [6, 6.07) is -0.370. The number of benzene rings is 1. The minimum atomic E-state index is -4.86. The van der Waals surface area contributed by atoms with Gasteiger partial charge in [0, 0.05) is 18.0 Å². The molecule has 6 N–H and O–H groups in total. The van der Waals surface area contributed by atoms with Crippen LogP contribution in [0.4, 0.5) is 13.2 Å². The van der Waals surface area contributed by atoms with Crippen molar-refractivity contribution in [2.24, 2.45) is 17.6 Å². The van der Waals surface area contributed by atoms with Crippen molar-refractivity contribution in [3.8, 4) is 5.75 Å². The third kappa shape index (κ3) is 4.49. The van der Waals surface area contributed by atoms with Crippen LogP contribution in [0.5, 0.6) is 5.75 Å². The number of aliphatic hydroxyl groups is 3. The van der Waals surface area contributed by atoms with Gasteiger partial charge in [0.25, 0.3) is 5.91 Å². The van der Waals surface area contributed by atoms with E-state index < -0.39 is 93.1 Å². The molecule has 1 heterocycles. The largest absolute Gasteiger partial charge is 0.508 e. The second-order valence-corrected chi connectivity index (χ2v) is 11.9. The molecule has 1 aromatic rings. The summed E-state index contributed by atoms with van der Waals surface area (Å²) in [5.74, 6) is -8.92. The molecule has 1 amide bonds. The molecule has 3 aliphatic carbocycles. The van der Waals surface area contributed by atoms with Gasteiger partial charge >= 0.3 is 6.18 Å². The number of nitrogens with two attached hydrogens (primary N) is 1. The van der Waals surface area contributed by atoms with E-state index in [-0.39, 0.29) is 24.1 Å². The van der Waals surface area contributed by atoms with E-state index >= 15 is 0 Å². The first-order chi connectivity index (χ1) is 19.6. The van der Waals surface area contributed by atoms with Gasteiger partial charge in [-0.3, -0.25) is 24.2 Å². The Bertz CT molecular complexity index is 1430. The Kier molecular flexibility index (Phi) is 7.43. The fourth-order valence-electron chi connectivity index (χ4n) is 7.40. The fraction of sp³-hybridized carbons (Fsp3) is 0.552. The monoisotopic (exact) mass is 593 g/mol. The van der Waals surface area contributed by atoms with Gasteiger partial charge in [0.05, 0.1) is 17.2 Å². The number of Topliss-reactive ketones (excluding diaryl/α,β-unsaturated/α-hetero) is 2. The van der Waals surface area contributed by atoms with Gasteiger partial charge in [-0.15, -0.1) is 0 Å². The minimum absolute atomic E-state index is 0.0647. The summed E-state index contributed by atoms with van der Waals surface area (Å²) < 4.78 is 44.1. The van der Waals surface area contributed by atoms with Crippen molar-refractivity contribution in [1.82, 2.24) is 9.80 Å². The summed E-state index contributed by atoms with van der Waals surface area (Å²) >= 11 is 0. The van der Waals surface area contributed by atoms with Crippen LogP contribution >= 0.6 is 0 Å². The zero-order valence-corrected chi connectivity index (χ0v) is 23.3. The number of rotatable bonds is 4. The number of carbonyl (C=O) groups is 3. The number of carbonyl (C=O) groups excluding carboxylic acids is 3. The molecule has 0 spiro atoms. The van der Waals surface area contributed by atoms with E-state index in [0.717, 1.165) is 31.7 Å². The standard InChI is InChI=1S/C29H34F3N3O7/c1-34(2)22-16-10-13-9-15-19(23(37)18(13)25(39)28(16,42)26(40)20(24(22)38)27(33)41)17(36)11-14(21(15)29(30,31)32)12-35-7-5-3-4-6-8-35/h11,13,16,22,36-37,40,42H,3-10,12H2,1-2H3,(H2,33,41)/t13-,16-,22-,28-/m0/s1. The number of phenols is 1. The number of phenolic OH excluding ortho intramolecular Hbond substituents is 1. The lowest BCUT2D eigenvalue weighted by molar-refractivity contribution is -0.153. The average Bonchev–Trinajstić information content (AvgIpc) is 3.13. The van der Waals surface area contributed by atoms with Crippen molar-refractivity contribution in [3.63, 3.8) is 0 Å². The summed E-state index contributed by atoms with van der Waals surface area (Å²) in [6.07, 6.45) is -1.95. The van der Waals surface area contributed by atoms with Crippen LogP contribution in [0.2, 0.25) is 0 Å². The highest BCUT2D eigenvalue weighted by atomic mass is 19.4. The highest BCUT2D eigenvalue weighted by Crippen LogP contribution is 2.54. The maximum Gasteiger partial charge on any atom is 0.417 e. The zero-order chi connectivity index (χ0) is 30.9. The van der Waals surface area contributed by atoms with E-state index in [2.05, 4.69) is 0 Å². The van der Waals surface area contributed by atoms with Gasteiger partial charge in [0.2, 0.25) is 5.78 Å². The molecule has 42 heavy (non-hydrogen) atoms. The summed E-state index contributed by atoms with van der Waals surface area (Å²) in [6.45, 7) is 1.14. The molecule has 5 rings (SSSR count). The first kappa shape index (κ1) is 30.1. The highest BCUT2D eigenvalue weighted by Gasteiger charge is 2.64. The lowest BCUT2D eigenvalue weighted by Gasteiger charge is -2.50. The molecule has 0 aromatic heterocycles. The van der Waals surface area contributed by atoms with Crippen LogP contribution in [0.15, 0.2) is 23.0 Å². The SMILES string of the molecule is CN(C)[C@@H]1C(=O)C(C(N)=O)=C(O)[C@@]2(O)C(=O)C3=C(O)c4c(O)cc(CN5CCCCCC5)c(C(F)(F)F)c4C[C@H]3C[C@@H]12. The quantitative estimate of drug-likeness (QED) is 0.330. The van der Waals surface area contributed by atoms with Crippen LogP contribution in [0.3, 0.4) is 0 Å². The molecule has 1 aliphatic heterocycles. The highest BCUT2D eigenvalue weighted by molar-refractivity contribution is 6.24. The Morgan fingerprint density at radius 2 is 1.74 bits per heavy atom. The second kappa shape index (κ2) is 10.4. The molecule has 1 saturated carbocycles. The lowest BCUT2D eigenvalue weighted by Crippen LogP contribution is -2.65. The van der Waals surface area contributed by atoms with Crippen molar-refractivity contribution in [3.05, 3.63) is 45.2 Å². The third-order valence-corrected chi connectivity index (χ3v) is 9.18. The van der Waals surface area contributed by atoms with Gasteiger partial charge in [-0.1, -0.05) is 12.8 Å². The number of aromatic hydroxyl groups is 1. The number of amides is 1. The number of likely N-dealkylation sites (tertiary alicyclic amines) is 1. The Morgan fingerprint density at radius 1 is 1.12 bits per heavy atom. The zero-order valence-electron chi connectivity index (χ0n) is 23.3. The van der Waals surface area contributed by atoms with Crippen LogP contribution < -0.4 is 5.73 Å². The van der Waals surface area contributed by atoms with Crippen molar-refractivity contribution in [2.75, 3.05) is 27.2 Å². The predicted octanol–water partition coefficient (Wildman–Crippen LogP) is 2.36. The summed E-state index contributed by atoms with van der Waals surface area (Å²) in [5, 5.41) is 44.8. The van der Waals surface area contributed by atoms with E-state index in [4.69, 9.17) is 5.73 Å². The Hall–Kier alpha value is -3.42. The fourth-order valence-corrected chi connectivity index (χ4v) is 7.40. The van der Waals surface area contributed by atoms with E-state index in [0.29, 0.717) is 13.1 Å². The topological polar surface area (TPSA) is 165 Å². The smallest absolute Gasteiger partial charge is 0.417 e. The first-order valence-corrected chi connectivity index (χ1v) is 13.9. The van der Waals surface area contributed by atoms with Gasteiger partial charge in [0.1, 0.15) is 22.8 Å². The molecule has 0 radical (unpaired) electrons. The van der Waals surface area contributed by atoms with E-state index in [1.165, 1.54) is 19.0 Å². The summed E-state index contributed by atoms with van der Waals surface area (Å²) in [7, 11) is 2.89. The molecule has 2 fully saturated rings. The molecule has 10 nitrogen and oxygen atoms in total. The molecule has 4 atom stereocenters. The van der Waals surface area contributed by atoms with Gasteiger partial charge < -0.3 is 26.2 Å². The number of halogens is 3. The summed E-state index contributed by atoms with van der Waals surface area (Å²) in [5.41, 5.74) is -1.11. The minimum Gasteiger partial charge on any atom is -0.508 e. The number of aliphatic hydroxyl groups excluding tert-OH is 2. The van der Waals surface area contributed by atoms with Crippen molar-refractivity contribution in [2.45, 2.75) is 62.9 Å². The average molecular weight is 594 g/mol. The molecule has 0 unspecified atom stereocenters. The summed E-state index contributed by atoms with van der Waals surface area (Å²) in [4.78, 5) is 42.4. The number of hydrogen-bond donors (Lipinski definition) is 5. The molecule has 1 aromatic carbocycles. The number of alkyl halides is 3. The molecule has 13 heteroatoms. The van der Waals surface area contributed by atoms with Crippen LogP contribution in [0, 0.1) is 11.8 Å². The van der Waals surface area contributed by atoms with Crippen LogP contribution in [0.25, 0.3) is 5.76 Å².